The van der Waals surface area contributed by atoms with Crippen molar-refractivity contribution < 1.29 is 24.2 Å². The second-order valence-electron chi connectivity index (χ2n) is 5.04. The van der Waals surface area contributed by atoms with Gasteiger partial charge in [-0.3, -0.25) is 9.59 Å². The summed E-state index contributed by atoms with van der Waals surface area (Å²) in [5.41, 5.74) is -0.398. The van der Waals surface area contributed by atoms with Crippen molar-refractivity contribution in [2.45, 2.75) is 37.9 Å². The number of carbonyl (C=O) groups is 2. The molecule has 1 atom stereocenters. The zero-order chi connectivity index (χ0) is 13.2. The Bertz CT molecular complexity index is 335. The normalized spacial score (nSPS) is 27.2. The fraction of sp³-hybridized carbons (Fsp3) is 0.833. The molecule has 0 aromatic rings. The molecule has 2 heterocycles. The van der Waals surface area contributed by atoms with Crippen LogP contribution in [0, 0.1) is 0 Å². The lowest BCUT2D eigenvalue weighted by molar-refractivity contribution is -0.217. The summed E-state index contributed by atoms with van der Waals surface area (Å²) < 4.78 is 11.4. The van der Waals surface area contributed by atoms with Gasteiger partial charge < -0.3 is 19.5 Å². The van der Waals surface area contributed by atoms with Gasteiger partial charge in [-0.2, -0.15) is 0 Å². The van der Waals surface area contributed by atoms with Crippen LogP contribution in [0.5, 0.6) is 0 Å². The minimum atomic E-state index is -0.873. The topological polar surface area (TPSA) is 76.1 Å². The Morgan fingerprint density at radius 1 is 1.39 bits per heavy atom. The molecule has 0 aromatic carbocycles. The second kappa shape index (κ2) is 5.24. The standard InChI is InChI=1S/C12H19NO5/c1-9(14)13-4-2-12(3-5-13)8-17-7-10(18-12)6-11(15)16/h10H,2-8H2,1H3,(H,15,16). The van der Waals surface area contributed by atoms with Crippen molar-refractivity contribution in [3.8, 4) is 0 Å². The summed E-state index contributed by atoms with van der Waals surface area (Å²) in [6.45, 7) is 3.69. The van der Waals surface area contributed by atoms with Crippen LogP contribution in [-0.2, 0) is 19.1 Å². The first-order chi connectivity index (χ1) is 8.51. The van der Waals surface area contributed by atoms with Crippen LogP contribution in [-0.4, -0.2) is 59.9 Å². The van der Waals surface area contributed by atoms with Gasteiger partial charge in [0.15, 0.2) is 0 Å². The number of rotatable bonds is 2. The smallest absolute Gasteiger partial charge is 0.306 e. The lowest BCUT2D eigenvalue weighted by Crippen LogP contribution is -2.55. The molecule has 0 aromatic heterocycles. The average molecular weight is 257 g/mol. The molecule has 2 aliphatic heterocycles. The summed E-state index contributed by atoms with van der Waals surface area (Å²) in [5, 5.41) is 8.78. The molecule has 0 aliphatic carbocycles. The molecule has 2 aliphatic rings. The monoisotopic (exact) mass is 257 g/mol. The van der Waals surface area contributed by atoms with E-state index in [9.17, 15) is 9.59 Å². The SMILES string of the molecule is CC(=O)N1CCC2(CC1)COCC(CC(=O)O)O2. The Morgan fingerprint density at radius 2 is 2.06 bits per heavy atom. The predicted molar refractivity (Wildman–Crippen MR) is 62.2 cm³/mol. The number of nitrogens with zero attached hydrogens (tertiary/aromatic N) is 1. The van der Waals surface area contributed by atoms with Gasteiger partial charge >= 0.3 is 5.97 Å². The van der Waals surface area contributed by atoms with E-state index >= 15 is 0 Å². The highest BCUT2D eigenvalue weighted by atomic mass is 16.6. The summed E-state index contributed by atoms with van der Waals surface area (Å²) in [6.07, 6.45) is 1.02. The van der Waals surface area contributed by atoms with Gasteiger partial charge in [0, 0.05) is 20.0 Å². The lowest BCUT2D eigenvalue weighted by atomic mass is 9.90. The van der Waals surface area contributed by atoms with Crippen molar-refractivity contribution in [1.29, 1.82) is 0 Å². The summed E-state index contributed by atoms with van der Waals surface area (Å²) in [5.74, 6) is -0.800. The molecule has 18 heavy (non-hydrogen) atoms. The number of hydrogen-bond acceptors (Lipinski definition) is 4. The summed E-state index contributed by atoms with van der Waals surface area (Å²) in [4.78, 5) is 23.7. The van der Waals surface area contributed by atoms with Crippen LogP contribution < -0.4 is 0 Å². The second-order valence-corrected chi connectivity index (χ2v) is 5.04. The summed E-state index contributed by atoms with van der Waals surface area (Å²) in [7, 11) is 0. The van der Waals surface area contributed by atoms with Crippen LogP contribution in [0.1, 0.15) is 26.2 Å². The molecule has 0 radical (unpaired) electrons. The van der Waals surface area contributed by atoms with E-state index in [1.165, 1.54) is 0 Å². The van der Waals surface area contributed by atoms with Crippen molar-refractivity contribution in [2.75, 3.05) is 26.3 Å². The van der Waals surface area contributed by atoms with Gasteiger partial charge in [0.25, 0.3) is 0 Å². The Morgan fingerprint density at radius 3 is 2.61 bits per heavy atom. The number of aliphatic carboxylic acids is 1. The molecule has 0 saturated carbocycles. The predicted octanol–water partition coefficient (Wildman–Crippen LogP) is 0.258. The van der Waals surface area contributed by atoms with E-state index in [0.29, 0.717) is 39.1 Å². The Hall–Kier alpha value is -1.14. The van der Waals surface area contributed by atoms with Gasteiger partial charge in [0.05, 0.1) is 31.3 Å². The minimum absolute atomic E-state index is 0.0296. The van der Waals surface area contributed by atoms with Gasteiger partial charge in [0.2, 0.25) is 5.91 Å². The van der Waals surface area contributed by atoms with Crippen LogP contribution in [0.25, 0.3) is 0 Å². The van der Waals surface area contributed by atoms with Crippen molar-refractivity contribution in [3.63, 3.8) is 0 Å². The maximum Gasteiger partial charge on any atom is 0.306 e. The highest BCUT2D eigenvalue weighted by molar-refractivity contribution is 5.73. The lowest BCUT2D eigenvalue weighted by Gasteiger charge is -2.45. The van der Waals surface area contributed by atoms with Crippen molar-refractivity contribution in [2.24, 2.45) is 0 Å². The van der Waals surface area contributed by atoms with Crippen molar-refractivity contribution in [1.82, 2.24) is 4.90 Å². The van der Waals surface area contributed by atoms with Crippen LogP contribution in [0.2, 0.25) is 0 Å². The van der Waals surface area contributed by atoms with E-state index in [-0.39, 0.29) is 18.4 Å². The number of piperidine rings is 1. The fourth-order valence-corrected chi connectivity index (χ4v) is 2.58. The Balaban J connectivity index is 1.92. The molecule has 1 spiro atoms. The third-order valence-corrected chi connectivity index (χ3v) is 3.61. The minimum Gasteiger partial charge on any atom is -0.481 e. The van der Waals surface area contributed by atoms with Crippen molar-refractivity contribution in [3.05, 3.63) is 0 Å². The number of carboxylic acid groups (broad SMARTS) is 1. The van der Waals surface area contributed by atoms with Gasteiger partial charge in [-0.25, -0.2) is 0 Å². The van der Waals surface area contributed by atoms with Crippen LogP contribution in [0.15, 0.2) is 0 Å². The van der Waals surface area contributed by atoms with Crippen molar-refractivity contribution >= 4 is 11.9 Å². The van der Waals surface area contributed by atoms with Crippen LogP contribution in [0.3, 0.4) is 0 Å². The number of amides is 1. The maximum atomic E-state index is 11.3. The molecule has 102 valence electrons. The number of hydrogen-bond donors (Lipinski definition) is 1. The van der Waals surface area contributed by atoms with E-state index in [2.05, 4.69) is 0 Å². The molecule has 0 bridgehead atoms. The van der Waals surface area contributed by atoms with E-state index in [1.54, 1.807) is 11.8 Å². The quantitative estimate of drug-likeness (QED) is 0.767. The average Bonchev–Trinajstić information content (AvgIpc) is 2.28. The number of carboxylic acids is 1. The Kier molecular flexibility index (Phi) is 3.87. The molecule has 2 rings (SSSR count). The van der Waals surface area contributed by atoms with Crippen LogP contribution >= 0.6 is 0 Å². The zero-order valence-electron chi connectivity index (χ0n) is 10.6. The van der Waals surface area contributed by atoms with Gasteiger partial charge in [-0.1, -0.05) is 0 Å². The highest BCUT2D eigenvalue weighted by Crippen LogP contribution is 2.32. The first-order valence-electron chi connectivity index (χ1n) is 6.24. The Labute approximate surface area is 106 Å². The summed E-state index contributed by atoms with van der Waals surface area (Å²) in [6, 6.07) is 0. The molecule has 6 nitrogen and oxygen atoms in total. The van der Waals surface area contributed by atoms with Crippen LogP contribution in [0.4, 0.5) is 0 Å². The van der Waals surface area contributed by atoms with Gasteiger partial charge in [-0.15, -0.1) is 0 Å². The number of carbonyl (C=O) groups excluding carboxylic acids is 1. The molecule has 6 heteroatoms. The number of ether oxygens (including phenoxy) is 2. The third kappa shape index (κ3) is 3.00. The van der Waals surface area contributed by atoms with E-state index in [0.717, 1.165) is 0 Å². The molecule has 2 fully saturated rings. The zero-order valence-corrected chi connectivity index (χ0v) is 10.6. The van der Waals surface area contributed by atoms with E-state index in [4.69, 9.17) is 14.6 Å². The molecule has 2 saturated heterocycles. The van der Waals surface area contributed by atoms with Gasteiger partial charge in [-0.05, 0) is 12.8 Å². The maximum absolute atomic E-state index is 11.3. The molecule has 1 amide bonds. The third-order valence-electron chi connectivity index (χ3n) is 3.61. The molecular weight excluding hydrogens is 238 g/mol. The molecular formula is C12H19NO5. The van der Waals surface area contributed by atoms with E-state index < -0.39 is 11.6 Å². The largest absolute Gasteiger partial charge is 0.481 e. The van der Waals surface area contributed by atoms with E-state index in [1.807, 2.05) is 0 Å². The first-order valence-corrected chi connectivity index (χ1v) is 6.24. The fourth-order valence-electron chi connectivity index (χ4n) is 2.58. The first kappa shape index (κ1) is 13.3. The highest BCUT2D eigenvalue weighted by Gasteiger charge is 2.41. The molecule has 1 N–H and O–H groups in total. The summed E-state index contributed by atoms with van der Waals surface area (Å²) >= 11 is 0. The molecule has 1 unspecified atom stereocenters. The van der Waals surface area contributed by atoms with Gasteiger partial charge in [0.1, 0.15) is 0 Å². The number of likely N-dealkylation sites (tertiary alicyclic amines) is 1.